The van der Waals surface area contributed by atoms with Crippen molar-refractivity contribution < 1.29 is 14.6 Å². The lowest BCUT2D eigenvalue weighted by molar-refractivity contribution is -0.127. The van der Waals surface area contributed by atoms with Gasteiger partial charge in [0.2, 0.25) is 5.91 Å². The van der Waals surface area contributed by atoms with Crippen molar-refractivity contribution in [1.29, 1.82) is 0 Å². The van der Waals surface area contributed by atoms with Gasteiger partial charge in [-0.15, -0.1) is 0 Å². The number of aliphatic hydroxyl groups is 1. The molecule has 0 aromatic carbocycles. The Kier molecular flexibility index (Phi) is 2.48. The van der Waals surface area contributed by atoms with Crippen molar-refractivity contribution in [3.63, 3.8) is 0 Å². The topological polar surface area (TPSA) is 70.6 Å². The Morgan fingerprint density at radius 2 is 2.23 bits per heavy atom. The van der Waals surface area contributed by atoms with E-state index < -0.39 is 6.10 Å². The van der Waals surface area contributed by atoms with Crippen molar-refractivity contribution in [3.8, 4) is 0 Å². The highest BCUT2D eigenvalue weighted by Gasteiger charge is 2.31. The smallest absolute Gasteiger partial charge is 0.226 e. The first-order chi connectivity index (χ1) is 6.27. The molecule has 0 spiro atoms. The maximum atomic E-state index is 11.4. The van der Waals surface area contributed by atoms with Gasteiger partial charge < -0.3 is 20.5 Å². The van der Waals surface area contributed by atoms with Crippen LogP contribution >= 0.6 is 0 Å². The maximum Gasteiger partial charge on any atom is 0.226 e. The number of hydrogen-bond acceptors (Lipinski definition) is 4. The van der Waals surface area contributed by atoms with Crippen LogP contribution in [0.1, 0.15) is 0 Å². The Morgan fingerprint density at radius 3 is 2.69 bits per heavy atom. The van der Waals surface area contributed by atoms with Crippen LogP contribution in [0.2, 0.25) is 0 Å². The molecule has 2 aliphatic rings. The zero-order valence-electron chi connectivity index (χ0n) is 7.32. The van der Waals surface area contributed by atoms with Crippen LogP contribution in [0.25, 0.3) is 0 Å². The molecule has 0 aromatic heterocycles. The van der Waals surface area contributed by atoms with Gasteiger partial charge >= 0.3 is 0 Å². The number of aliphatic hydroxyl groups excluding tert-OH is 1. The number of nitrogens with one attached hydrogen (secondary N) is 2. The fourth-order valence-corrected chi connectivity index (χ4v) is 1.46. The molecular formula is C8H14N2O3. The average Bonchev–Trinajstić information content (AvgIpc) is 2.32. The van der Waals surface area contributed by atoms with Crippen molar-refractivity contribution in [2.75, 3.05) is 26.3 Å². The standard InChI is InChI=1S/C8H14N2O3/c11-7-4-13-3-6(7)10-8(12)5-1-9-2-5/h5-7,9,11H,1-4H2,(H,10,12)/t6-,7-/m1/s1. The molecule has 2 atom stereocenters. The lowest BCUT2D eigenvalue weighted by atomic mass is 10.0. The predicted octanol–water partition coefficient (Wildman–Crippen LogP) is -1.92. The summed E-state index contributed by atoms with van der Waals surface area (Å²) in [5.41, 5.74) is 0. The van der Waals surface area contributed by atoms with Gasteiger partial charge in [-0.1, -0.05) is 0 Å². The van der Waals surface area contributed by atoms with E-state index in [1.54, 1.807) is 0 Å². The number of hydrogen-bond donors (Lipinski definition) is 3. The maximum absolute atomic E-state index is 11.4. The van der Waals surface area contributed by atoms with Gasteiger partial charge in [-0.2, -0.15) is 0 Å². The van der Waals surface area contributed by atoms with Crippen LogP contribution in [-0.4, -0.2) is 49.5 Å². The molecule has 2 heterocycles. The summed E-state index contributed by atoms with van der Waals surface area (Å²) in [4.78, 5) is 11.4. The van der Waals surface area contributed by atoms with E-state index in [0.29, 0.717) is 13.2 Å². The Hall–Kier alpha value is -0.650. The molecule has 0 unspecified atom stereocenters. The van der Waals surface area contributed by atoms with Crippen LogP contribution in [0.3, 0.4) is 0 Å². The molecule has 3 N–H and O–H groups in total. The lowest BCUT2D eigenvalue weighted by Crippen LogP contribution is -2.54. The number of amides is 1. The van der Waals surface area contributed by atoms with Gasteiger partial charge in [0.1, 0.15) is 0 Å². The molecule has 74 valence electrons. The van der Waals surface area contributed by atoms with E-state index >= 15 is 0 Å². The van der Waals surface area contributed by atoms with Crippen molar-refractivity contribution in [3.05, 3.63) is 0 Å². The van der Waals surface area contributed by atoms with Crippen LogP contribution < -0.4 is 10.6 Å². The third kappa shape index (κ3) is 1.82. The third-order valence-electron chi connectivity index (χ3n) is 2.53. The molecule has 2 saturated heterocycles. The number of carbonyl (C=O) groups excluding carboxylic acids is 1. The predicted molar refractivity (Wildman–Crippen MR) is 45.1 cm³/mol. The molecule has 2 aliphatic heterocycles. The lowest BCUT2D eigenvalue weighted by Gasteiger charge is -2.27. The van der Waals surface area contributed by atoms with Crippen molar-refractivity contribution in [2.24, 2.45) is 5.92 Å². The van der Waals surface area contributed by atoms with Gasteiger partial charge in [-0.05, 0) is 0 Å². The van der Waals surface area contributed by atoms with Gasteiger partial charge in [0, 0.05) is 13.1 Å². The van der Waals surface area contributed by atoms with E-state index in [-0.39, 0.29) is 17.9 Å². The molecule has 2 rings (SSSR count). The Balaban J connectivity index is 1.79. The van der Waals surface area contributed by atoms with Gasteiger partial charge in [0.15, 0.2) is 0 Å². The van der Waals surface area contributed by atoms with E-state index in [1.165, 1.54) is 0 Å². The van der Waals surface area contributed by atoms with Crippen molar-refractivity contribution >= 4 is 5.91 Å². The number of ether oxygens (including phenoxy) is 1. The fraction of sp³-hybridized carbons (Fsp3) is 0.875. The van der Waals surface area contributed by atoms with Gasteiger partial charge in [-0.25, -0.2) is 0 Å². The summed E-state index contributed by atoms with van der Waals surface area (Å²) in [5.74, 6) is 0.0982. The summed E-state index contributed by atoms with van der Waals surface area (Å²) in [7, 11) is 0. The zero-order valence-corrected chi connectivity index (χ0v) is 7.32. The largest absolute Gasteiger partial charge is 0.388 e. The second-order valence-electron chi connectivity index (χ2n) is 3.58. The number of carbonyl (C=O) groups is 1. The first-order valence-electron chi connectivity index (χ1n) is 4.54. The van der Waals surface area contributed by atoms with Gasteiger partial charge in [-0.3, -0.25) is 4.79 Å². The first kappa shape index (κ1) is 8.93. The van der Waals surface area contributed by atoms with E-state index in [4.69, 9.17) is 4.74 Å². The molecule has 5 heteroatoms. The summed E-state index contributed by atoms with van der Waals surface area (Å²) in [6.07, 6.45) is -0.544. The minimum absolute atomic E-state index is 0.0216. The zero-order chi connectivity index (χ0) is 9.26. The molecule has 0 aromatic rings. The molecule has 0 aliphatic carbocycles. The molecule has 0 bridgehead atoms. The second kappa shape index (κ2) is 3.61. The van der Waals surface area contributed by atoms with Crippen LogP contribution in [-0.2, 0) is 9.53 Å². The molecule has 2 fully saturated rings. The van der Waals surface area contributed by atoms with Crippen molar-refractivity contribution in [2.45, 2.75) is 12.1 Å². The Labute approximate surface area is 76.5 Å². The van der Waals surface area contributed by atoms with E-state index in [2.05, 4.69) is 10.6 Å². The highest BCUT2D eigenvalue weighted by molar-refractivity contribution is 5.80. The van der Waals surface area contributed by atoms with E-state index in [1.807, 2.05) is 0 Å². The molecule has 13 heavy (non-hydrogen) atoms. The van der Waals surface area contributed by atoms with Crippen LogP contribution in [0.4, 0.5) is 0 Å². The quantitative estimate of drug-likeness (QED) is 0.470. The molecular weight excluding hydrogens is 172 g/mol. The summed E-state index contributed by atoms with van der Waals surface area (Å²) in [6, 6.07) is -0.215. The Bertz CT molecular complexity index is 206. The average molecular weight is 186 g/mol. The van der Waals surface area contributed by atoms with E-state index in [0.717, 1.165) is 13.1 Å². The SMILES string of the molecule is O=C(N[C@@H]1COC[C@H]1O)C1CNC1. The summed E-state index contributed by atoms with van der Waals surface area (Å²) >= 11 is 0. The van der Waals surface area contributed by atoms with Gasteiger partial charge in [0.25, 0.3) is 0 Å². The minimum atomic E-state index is -0.544. The van der Waals surface area contributed by atoms with Crippen LogP contribution in [0.15, 0.2) is 0 Å². The van der Waals surface area contributed by atoms with Crippen LogP contribution in [0, 0.1) is 5.92 Å². The highest BCUT2D eigenvalue weighted by atomic mass is 16.5. The van der Waals surface area contributed by atoms with Crippen molar-refractivity contribution in [1.82, 2.24) is 10.6 Å². The molecule has 0 saturated carbocycles. The monoisotopic (exact) mass is 186 g/mol. The fourth-order valence-electron chi connectivity index (χ4n) is 1.46. The van der Waals surface area contributed by atoms with Gasteiger partial charge in [0.05, 0.1) is 31.3 Å². The Morgan fingerprint density at radius 1 is 1.46 bits per heavy atom. The summed E-state index contributed by atoms with van der Waals surface area (Å²) in [5, 5.41) is 15.2. The van der Waals surface area contributed by atoms with E-state index in [9.17, 15) is 9.90 Å². The molecule has 1 amide bonds. The molecule has 0 radical (unpaired) electrons. The first-order valence-corrected chi connectivity index (χ1v) is 4.54. The normalized spacial score (nSPS) is 34.2. The molecule has 5 nitrogen and oxygen atoms in total. The highest BCUT2D eigenvalue weighted by Crippen LogP contribution is 2.08. The van der Waals surface area contributed by atoms with Crippen LogP contribution in [0.5, 0.6) is 0 Å². The number of rotatable bonds is 2. The minimum Gasteiger partial charge on any atom is -0.388 e. The second-order valence-corrected chi connectivity index (χ2v) is 3.58. The third-order valence-corrected chi connectivity index (χ3v) is 2.53. The summed E-state index contributed by atoms with van der Waals surface area (Å²) < 4.78 is 5.02. The summed E-state index contributed by atoms with van der Waals surface area (Å²) in [6.45, 7) is 2.24.